The average Bonchev–Trinajstić information content (AvgIpc) is 2.74. The van der Waals surface area contributed by atoms with Gasteiger partial charge in [-0.05, 0) is 30.9 Å². The molecule has 17 heavy (non-hydrogen) atoms. The molecular formula is C14H15NOS. The molecule has 1 aromatic heterocycles. The first kappa shape index (κ1) is 10.9. The molecule has 0 atom stereocenters. The van der Waals surface area contributed by atoms with Crippen molar-refractivity contribution in [1.29, 1.82) is 0 Å². The minimum Gasteiger partial charge on any atom is -0.300 e. The molecule has 1 aromatic carbocycles. The largest absolute Gasteiger partial charge is 0.300 e. The van der Waals surface area contributed by atoms with Gasteiger partial charge in [-0.15, -0.1) is 11.3 Å². The molecular weight excluding hydrogens is 230 g/mol. The van der Waals surface area contributed by atoms with E-state index in [1.165, 1.54) is 9.71 Å². The van der Waals surface area contributed by atoms with Crippen molar-refractivity contribution in [3.05, 3.63) is 29.3 Å². The molecule has 0 bridgehead atoms. The number of rotatable bonds is 2. The van der Waals surface area contributed by atoms with Crippen molar-refractivity contribution in [3.63, 3.8) is 0 Å². The minimum atomic E-state index is 0.436. The topological polar surface area (TPSA) is 30.0 Å². The molecule has 0 aliphatic heterocycles. The van der Waals surface area contributed by atoms with Crippen molar-refractivity contribution in [2.45, 2.75) is 32.1 Å². The SMILES string of the molecule is O=C1CCC(Cc2nc3ccccc3s2)CC1. The van der Waals surface area contributed by atoms with Gasteiger partial charge < -0.3 is 0 Å². The van der Waals surface area contributed by atoms with Crippen molar-refractivity contribution in [2.75, 3.05) is 0 Å². The molecule has 1 heterocycles. The van der Waals surface area contributed by atoms with Crippen LogP contribution >= 0.6 is 11.3 Å². The van der Waals surface area contributed by atoms with E-state index < -0.39 is 0 Å². The Hall–Kier alpha value is -1.22. The van der Waals surface area contributed by atoms with E-state index in [-0.39, 0.29) is 0 Å². The summed E-state index contributed by atoms with van der Waals surface area (Å²) in [7, 11) is 0. The van der Waals surface area contributed by atoms with Gasteiger partial charge in [-0.25, -0.2) is 4.98 Å². The molecule has 1 aliphatic rings. The Balaban J connectivity index is 1.74. The van der Waals surface area contributed by atoms with Gasteiger partial charge in [-0.3, -0.25) is 4.79 Å². The Bertz CT molecular complexity index is 503. The lowest BCUT2D eigenvalue weighted by atomic mass is 9.86. The summed E-state index contributed by atoms with van der Waals surface area (Å²) in [5.41, 5.74) is 1.11. The van der Waals surface area contributed by atoms with E-state index in [1.54, 1.807) is 11.3 Å². The van der Waals surface area contributed by atoms with Gasteiger partial charge >= 0.3 is 0 Å². The van der Waals surface area contributed by atoms with Gasteiger partial charge in [-0.1, -0.05) is 12.1 Å². The summed E-state index contributed by atoms with van der Waals surface area (Å²) >= 11 is 1.80. The molecule has 88 valence electrons. The third kappa shape index (κ3) is 2.39. The fraction of sp³-hybridized carbons (Fsp3) is 0.429. The highest BCUT2D eigenvalue weighted by Gasteiger charge is 2.20. The number of Topliss-reactive ketones (excluding diaryl/α,β-unsaturated/α-hetero) is 1. The van der Waals surface area contributed by atoms with E-state index in [0.29, 0.717) is 11.7 Å². The highest BCUT2D eigenvalue weighted by atomic mass is 32.1. The van der Waals surface area contributed by atoms with Crippen molar-refractivity contribution in [2.24, 2.45) is 5.92 Å². The fourth-order valence-electron chi connectivity index (χ4n) is 2.46. The van der Waals surface area contributed by atoms with Gasteiger partial charge in [0.25, 0.3) is 0 Å². The maximum absolute atomic E-state index is 11.2. The van der Waals surface area contributed by atoms with Crippen LogP contribution in [-0.4, -0.2) is 10.8 Å². The maximum atomic E-state index is 11.2. The van der Waals surface area contributed by atoms with E-state index in [0.717, 1.165) is 37.6 Å². The number of nitrogens with zero attached hydrogens (tertiary/aromatic N) is 1. The van der Waals surface area contributed by atoms with Gasteiger partial charge in [0.1, 0.15) is 5.78 Å². The highest BCUT2D eigenvalue weighted by molar-refractivity contribution is 7.18. The quantitative estimate of drug-likeness (QED) is 0.809. The molecule has 3 heteroatoms. The highest BCUT2D eigenvalue weighted by Crippen LogP contribution is 2.29. The summed E-state index contributed by atoms with van der Waals surface area (Å²) in [5.74, 6) is 1.10. The summed E-state index contributed by atoms with van der Waals surface area (Å²) in [6.07, 6.45) is 4.70. The van der Waals surface area contributed by atoms with Crippen LogP contribution in [0.1, 0.15) is 30.7 Å². The van der Waals surface area contributed by atoms with Crippen LogP contribution in [0.4, 0.5) is 0 Å². The zero-order valence-corrected chi connectivity index (χ0v) is 10.5. The van der Waals surface area contributed by atoms with E-state index in [2.05, 4.69) is 23.2 Å². The van der Waals surface area contributed by atoms with Crippen LogP contribution in [0.25, 0.3) is 10.2 Å². The van der Waals surface area contributed by atoms with Gasteiger partial charge in [0.2, 0.25) is 0 Å². The lowest BCUT2D eigenvalue weighted by Gasteiger charge is -2.19. The molecule has 0 saturated heterocycles. The first-order valence-corrected chi connectivity index (χ1v) is 6.99. The van der Waals surface area contributed by atoms with E-state index in [1.807, 2.05) is 6.07 Å². The van der Waals surface area contributed by atoms with Crippen LogP contribution in [0.2, 0.25) is 0 Å². The van der Waals surface area contributed by atoms with Gasteiger partial charge in [-0.2, -0.15) is 0 Å². The van der Waals surface area contributed by atoms with Crippen molar-refractivity contribution in [1.82, 2.24) is 4.98 Å². The van der Waals surface area contributed by atoms with E-state index in [4.69, 9.17) is 0 Å². The molecule has 2 aromatic rings. The molecule has 1 saturated carbocycles. The number of thiazole rings is 1. The number of carbonyl (C=O) groups is 1. The van der Waals surface area contributed by atoms with Crippen LogP contribution in [-0.2, 0) is 11.2 Å². The number of fused-ring (bicyclic) bond motifs is 1. The Morgan fingerprint density at radius 2 is 2.00 bits per heavy atom. The molecule has 1 fully saturated rings. The zero-order valence-electron chi connectivity index (χ0n) is 9.69. The molecule has 2 nitrogen and oxygen atoms in total. The standard InChI is InChI=1S/C14H15NOS/c16-11-7-5-10(6-8-11)9-14-15-12-3-1-2-4-13(12)17-14/h1-4,10H,5-9H2. The second-order valence-electron chi connectivity index (χ2n) is 4.76. The lowest BCUT2D eigenvalue weighted by molar-refractivity contribution is -0.120. The number of benzene rings is 1. The van der Waals surface area contributed by atoms with Crippen LogP contribution in [0.15, 0.2) is 24.3 Å². The molecule has 0 N–H and O–H groups in total. The average molecular weight is 245 g/mol. The van der Waals surface area contributed by atoms with Crippen LogP contribution < -0.4 is 0 Å². The van der Waals surface area contributed by atoms with Crippen molar-refractivity contribution < 1.29 is 4.79 Å². The second kappa shape index (κ2) is 4.57. The van der Waals surface area contributed by atoms with Crippen molar-refractivity contribution >= 4 is 27.3 Å². The summed E-state index contributed by atoms with van der Waals surface area (Å²) < 4.78 is 1.27. The Kier molecular flexibility index (Phi) is 2.93. The fourth-order valence-corrected chi connectivity index (χ4v) is 3.54. The molecule has 0 amide bonds. The number of hydrogen-bond acceptors (Lipinski definition) is 3. The minimum absolute atomic E-state index is 0.436. The van der Waals surface area contributed by atoms with Gasteiger partial charge in [0, 0.05) is 19.3 Å². The van der Waals surface area contributed by atoms with Crippen molar-refractivity contribution in [3.8, 4) is 0 Å². The monoisotopic (exact) mass is 245 g/mol. The summed E-state index contributed by atoms with van der Waals surface area (Å²) in [6, 6.07) is 8.29. The number of para-hydroxylation sites is 1. The Morgan fingerprint density at radius 3 is 2.76 bits per heavy atom. The molecule has 0 spiro atoms. The number of ketones is 1. The third-order valence-corrected chi connectivity index (χ3v) is 4.52. The zero-order chi connectivity index (χ0) is 11.7. The third-order valence-electron chi connectivity index (χ3n) is 3.46. The van der Waals surface area contributed by atoms with Gasteiger partial charge in [0.15, 0.2) is 0 Å². The van der Waals surface area contributed by atoms with E-state index in [9.17, 15) is 4.79 Å². The van der Waals surface area contributed by atoms with Crippen LogP contribution in [0.3, 0.4) is 0 Å². The normalized spacial score (nSPS) is 17.8. The predicted molar refractivity (Wildman–Crippen MR) is 70.3 cm³/mol. The van der Waals surface area contributed by atoms with E-state index >= 15 is 0 Å². The second-order valence-corrected chi connectivity index (χ2v) is 5.88. The van der Waals surface area contributed by atoms with Crippen LogP contribution in [0, 0.1) is 5.92 Å². The number of carbonyl (C=O) groups excluding carboxylic acids is 1. The lowest BCUT2D eigenvalue weighted by Crippen LogP contribution is -2.15. The molecule has 1 aliphatic carbocycles. The predicted octanol–water partition coefficient (Wildman–Crippen LogP) is 3.60. The summed E-state index contributed by atoms with van der Waals surface area (Å²) in [5, 5.41) is 1.23. The van der Waals surface area contributed by atoms with Gasteiger partial charge in [0.05, 0.1) is 15.2 Å². The Labute approximate surface area is 105 Å². The first-order chi connectivity index (χ1) is 8.31. The number of aromatic nitrogens is 1. The smallest absolute Gasteiger partial charge is 0.132 e. The summed E-state index contributed by atoms with van der Waals surface area (Å²) in [4.78, 5) is 15.8. The molecule has 3 rings (SSSR count). The Morgan fingerprint density at radius 1 is 1.24 bits per heavy atom. The molecule has 0 radical (unpaired) electrons. The first-order valence-electron chi connectivity index (χ1n) is 6.17. The van der Waals surface area contributed by atoms with Crippen LogP contribution in [0.5, 0.6) is 0 Å². The summed E-state index contributed by atoms with van der Waals surface area (Å²) in [6.45, 7) is 0. The number of hydrogen-bond donors (Lipinski definition) is 0. The maximum Gasteiger partial charge on any atom is 0.132 e. The molecule has 0 unspecified atom stereocenters.